The summed E-state index contributed by atoms with van der Waals surface area (Å²) in [5.74, 6) is -0.499. The summed E-state index contributed by atoms with van der Waals surface area (Å²) in [5, 5.41) is 0. The number of esters is 2. The van der Waals surface area contributed by atoms with Crippen molar-refractivity contribution in [3.63, 3.8) is 0 Å². The van der Waals surface area contributed by atoms with Gasteiger partial charge in [-0.2, -0.15) is 0 Å². The summed E-state index contributed by atoms with van der Waals surface area (Å²) in [6.45, 7) is 7.58. The van der Waals surface area contributed by atoms with Crippen LogP contribution in [-0.2, 0) is 23.8 Å². The SMILES string of the molecule is CC/C=C\C/C=C\C/C=C\C/C=C\CCC(=O)OC(COCCCCCCCC/C=C\CCCC)COC(=O)CCCCCCCCC/C=C\CCCCCCCC. The van der Waals surface area contributed by atoms with E-state index < -0.39 is 6.10 Å². The summed E-state index contributed by atoms with van der Waals surface area (Å²) in [5.41, 5.74) is 0. The van der Waals surface area contributed by atoms with E-state index >= 15 is 0 Å². The third-order valence-electron chi connectivity index (χ3n) is 10.2. The van der Waals surface area contributed by atoms with Crippen LogP contribution in [0.3, 0.4) is 0 Å². The van der Waals surface area contributed by atoms with E-state index in [1.54, 1.807) is 0 Å². The Morgan fingerprint density at radius 2 is 0.828 bits per heavy atom. The number of rotatable bonds is 44. The fourth-order valence-corrected chi connectivity index (χ4v) is 6.56. The van der Waals surface area contributed by atoms with E-state index in [4.69, 9.17) is 14.2 Å². The van der Waals surface area contributed by atoms with Crippen molar-refractivity contribution in [3.05, 3.63) is 72.9 Å². The smallest absolute Gasteiger partial charge is 0.306 e. The molecular weight excluding hydrogens is 717 g/mol. The highest BCUT2D eigenvalue weighted by atomic mass is 16.6. The van der Waals surface area contributed by atoms with Crippen LogP contribution in [-0.4, -0.2) is 37.9 Å². The molecule has 0 saturated carbocycles. The lowest BCUT2D eigenvalue weighted by molar-refractivity contribution is -0.162. The van der Waals surface area contributed by atoms with Gasteiger partial charge < -0.3 is 14.2 Å². The zero-order chi connectivity index (χ0) is 42.1. The van der Waals surface area contributed by atoms with Gasteiger partial charge in [-0.25, -0.2) is 0 Å². The minimum Gasteiger partial charge on any atom is -0.462 e. The lowest BCUT2D eigenvalue weighted by atomic mass is 10.1. The average molecular weight is 809 g/mol. The number of ether oxygens (including phenoxy) is 3. The molecule has 5 heteroatoms. The van der Waals surface area contributed by atoms with Crippen LogP contribution in [0.2, 0.25) is 0 Å². The van der Waals surface area contributed by atoms with Gasteiger partial charge in [0.2, 0.25) is 0 Å². The molecule has 0 aromatic heterocycles. The van der Waals surface area contributed by atoms with E-state index in [1.165, 1.54) is 128 Å². The molecule has 0 aliphatic rings. The molecule has 0 fully saturated rings. The molecule has 0 rings (SSSR count). The molecule has 0 saturated heterocycles. The second kappa shape index (κ2) is 48.7. The molecular formula is C53H92O5. The van der Waals surface area contributed by atoms with E-state index in [-0.39, 0.29) is 25.2 Å². The molecule has 1 atom stereocenters. The van der Waals surface area contributed by atoms with Gasteiger partial charge in [0.05, 0.1) is 6.61 Å². The molecule has 0 bridgehead atoms. The second-order valence-corrected chi connectivity index (χ2v) is 16.0. The zero-order valence-corrected chi connectivity index (χ0v) is 38.3. The van der Waals surface area contributed by atoms with Crippen molar-refractivity contribution in [2.24, 2.45) is 0 Å². The quantitative estimate of drug-likeness (QED) is 0.0348. The van der Waals surface area contributed by atoms with Crippen LogP contribution in [0.15, 0.2) is 72.9 Å². The fourth-order valence-electron chi connectivity index (χ4n) is 6.56. The molecule has 0 aromatic rings. The van der Waals surface area contributed by atoms with Gasteiger partial charge in [-0.05, 0) is 89.9 Å². The maximum absolute atomic E-state index is 12.7. The van der Waals surface area contributed by atoms with Crippen LogP contribution < -0.4 is 0 Å². The highest BCUT2D eigenvalue weighted by Gasteiger charge is 2.17. The first-order valence-electron chi connectivity index (χ1n) is 24.5. The fraction of sp³-hybridized carbons (Fsp3) is 0.736. The number of hydrogen-bond donors (Lipinski definition) is 0. The van der Waals surface area contributed by atoms with Gasteiger partial charge in [-0.1, -0.05) is 196 Å². The van der Waals surface area contributed by atoms with E-state index in [0.717, 1.165) is 57.8 Å². The molecule has 0 spiro atoms. The van der Waals surface area contributed by atoms with Gasteiger partial charge in [0.25, 0.3) is 0 Å². The van der Waals surface area contributed by atoms with Crippen LogP contribution in [0, 0.1) is 0 Å². The molecule has 5 nitrogen and oxygen atoms in total. The summed E-state index contributed by atoms with van der Waals surface area (Å²) in [6.07, 6.45) is 62.0. The van der Waals surface area contributed by atoms with Gasteiger partial charge in [-0.15, -0.1) is 0 Å². The zero-order valence-electron chi connectivity index (χ0n) is 38.3. The highest BCUT2D eigenvalue weighted by Crippen LogP contribution is 2.13. The Labute approximate surface area is 359 Å². The number of carbonyl (C=O) groups excluding carboxylic acids is 2. The predicted octanol–water partition coefficient (Wildman–Crippen LogP) is 16.3. The Morgan fingerprint density at radius 3 is 1.36 bits per heavy atom. The maximum atomic E-state index is 12.7. The highest BCUT2D eigenvalue weighted by molar-refractivity contribution is 5.70. The van der Waals surface area contributed by atoms with Crippen LogP contribution in [0.1, 0.15) is 226 Å². The topological polar surface area (TPSA) is 61.8 Å². The largest absolute Gasteiger partial charge is 0.462 e. The number of allylic oxidation sites excluding steroid dienone is 12. The lowest BCUT2D eigenvalue weighted by Gasteiger charge is -2.18. The Kier molecular flexibility index (Phi) is 46.5. The van der Waals surface area contributed by atoms with Crippen LogP contribution in [0.4, 0.5) is 0 Å². The Morgan fingerprint density at radius 1 is 0.397 bits per heavy atom. The molecule has 0 aliphatic carbocycles. The molecule has 0 N–H and O–H groups in total. The van der Waals surface area contributed by atoms with Gasteiger partial charge in [0.15, 0.2) is 6.10 Å². The molecule has 0 amide bonds. The molecule has 0 aromatic carbocycles. The second-order valence-electron chi connectivity index (χ2n) is 16.0. The van der Waals surface area contributed by atoms with Gasteiger partial charge in [0.1, 0.15) is 6.61 Å². The number of carbonyl (C=O) groups is 2. The summed E-state index contributed by atoms with van der Waals surface area (Å²) in [6, 6.07) is 0. The van der Waals surface area contributed by atoms with Crippen molar-refractivity contribution in [3.8, 4) is 0 Å². The van der Waals surface area contributed by atoms with Gasteiger partial charge in [-0.3, -0.25) is 9.59 Å². The third kappa shape index (κ3) is 46.0. The molecule has 0 aliphatic heterocycles. The first kappa shape index (κ1) is 55.3. The van der Waals surface area contributed by atoms with Gasteiger partial charge >= 0.3 is 11.9 Å². The van der Waals surface area contributed by atoms with Crippen molar-refractivity contribution < 1.29 is 23.8 Å². The number of unbranched alkanes of at least 4 members (excludes halogenated alkanes) is 21. The van der Waals surface area contributed by atoms with Crippen molar-refractivity contribution >= 4 is 11.9 Å². The maximum Gasteiger partial charge on any atom is 0.306 e. The van der Waals surface area contributed by atoms with Crippen LogP contribution in [0.25, 0.3) is 0 Å². The molecule has 334 valence electrons. The predicted molar refractivity (Wildman–Crippen MR) is 251 cm³/mol. The summed E-state index contributed by atoms with van der Waals surface area (Å²) >= 11 is 0. The standard InChI is InChI=1S/C53H92O5/c1-4-7-10-13-16-19-22-25-26-27-28-30-31-34-37-40-43-46-52(54)57-50-51(49-56-48-45-42-39-36-33-24-21-18-15-12-9-6-3)58-53(55)47-44-41-38-35-32-29-23-20-17-14-11-8-5-2/h8,11,15,17-18,20,25-26,29,32,38,41,51H,4-7,9-10,12-14,16,19,21-24,27-28,30-31,33-37,39-40,42-50H2,1-3H3/b11-8-,18-15-,20-17-,26-25-,32-29-,41-38-. The first-order chi connectivity index (χ1) is 28.6. The Balaban J connectivity index is 4.33. The molecule has 1 unspecified atom stereocenters. The molecule has 0 radical (unpaired) electrons. The van der Waals surface area contributed by atoms with Crippen LogP contribution in [0.5, 0.6) is 0 Å². The Bertz CT molecular complexity index is 1050. The van der Waals surface area contributed by atoms with Crippen molar-refractivity contribution in [1.82, 2.24) is 0 Å². The van der Waals surface area contributed by atoms with Gasteiger partial charge in [0, 0.05) is 19.4 Å². The van der Waals surface area contributed by atoms with Crippen molar-refractivity contribution in [2.75, 3.05) is 19.8 Å². The normalized spacial score (nSPS) is 12.8. The van der Waals surface area contributed by atoms with Crippen LogP contribution >= 0.6 is 0 Å². The van der Waals surface area contributed by atoms with E-state index in [0.29, 0.717) is 25.9 Å². The average Bonchev–Trinajstić information content (AvgIpc) is 3.22. The molecule has 0 heterocycles. The lowest BCUT2D eigenvalue weighted by Crippen LogP contribution is -2.30. The summed E-state index contributed by atoms with van der Waals surface area (Å²) in [7, 11) is 0. The van der Waals surface area contributed by atoms with E-state index in [9.17, 15) is 9.59 Å². The third-order valence-corrected chi connectivity index (χ3v) is 10.2. The minimum atomic E-state index is -0.579. The Hall–Kier alpha value is -2.66. The van der Waals surface area contributed by atoms with Crippen molar-refractivity contribution in [2.45, 2.75) is 232 Å². The summed E-state index contributed by atoms with van der Waals surface area (Å²) < 4.78 is 17.3. The molecule has 58 heavy (non-hydrogen) atoms. The van der Waals surface area contributed by atoms with Crippen molar-refractivity contribution in [1.29, 1.82) is 0 Å². The first-order valence-corrected chi connectivity index (χ1v) is 24.5. The summed E-state index contributed by atoms with van der Waals surface area (Å²) in [4.78, 5) is 25.3. The minimum absolute atomic E-state index is 0.0504. The number of hydrogen-bond acceptors (Lipinski definition) is 5. The van der Waals surface area contributed by atoms with E-state index in [1.807, 2.05) is 6.08 Å². The monoisotopic (exact) mass is 809 g/mol. The van der Waals surface area contributed by atoms with E-state index in [2.05, 4.69) is 87.6 Å².